The van der Waals surface area contributed by atoms with Gasteiger partial charge in [0.05, 0.1) is 14.8 Å². The van der Waals surface area contributed by atoms with Gasteiger partial charge in [0.2, 0.25) is 0 Å². The van der Waals surface area contributed by atoms with Crippen molar-refractivity contribution in [1.29, 1.82) is 0 Å². The van der Waals surface area contributed by atoms with E-state index in [0.29, 0.717) is 15.7 Å². The highest BCUT2D eigenvalue weighted by Crippen LogP contribution is 2.28. The zero-order valence-electron chi connectivity index (χ0n) is 9.57. The lowest BCUT2D eigenvalue weighted by molar-refractivity contribution is -0.115. The Morgan fingerprint density at radius 3 is 2.72 bits per heavy atom. The summed E-state index contributed by atoms with van der Waals surface area (Å²) < 4.78 is 0.680. The Morgan fingerprint density at radius 1 is 1.28 bits per heavy atom. The van der Waals surface area contributed by atoms with Gasteiger partial charge in [-0.3, -0.25) is 4.79 Å². The van der Waals surface area contributed by atoms with E-state index in [1.54, 1.807) is 24.3 Å². The van der Waals surface area contributed by atoms with Crippen LogP contribution < -0.4 is 5.32 Å². The lowest BCUT2D eigenvalue weighted by Crippen LogP contribution is -2.14. The molecule has 2 rings (SSSR count). The molecule has 2 N–H and O–H groups in total. The normalized spacial score (nSPS) is 15.7. The van der Waals surface area contributed by atoms with Crippen LogP contribution in [0.25, 0.3) is 0 Å². The molecule has 5 heteroatoms. The van der Waals surface area contributed by atoms with E-state index < -0.39 is 5.97 Å². The number of aromatic carboxylic acids is 1. The molecule has 0 unspecified atom stereocenters. The summed E-state index contributed by atoms with van der Waals surface area (Å²) in [7, 11) is 0. The minimum Gasteiger partial charge on any atom is -0.478 e. The molecule has 0 heterocycles. The number of halogens is 1. The van der Waals surface area contributed by atoms with E-state index in [4.69, 9.17) is 5.11 Å². The average Bonchev–Trinajstić information content (AvgIpc) is 2.35. The topological polar surface area (TPSA) is 66.4 Å². The minimum absolute atomic E-state index is 0.122. The van der Waals surface area contributed by atoms with E-state index in [1.807, 2.05) is 22.6 Å². The Morgan fingerprint density at radius 2 is 2.00 bits per heavy atom. The van der Waals surface area contributed by atoms with Crippen LogP contribution in [0.5, 0.6) is 0 Å². The molecule has 0 atom stereocenters. The molecule has 1 aromatic carbocycles. The molecule has 0 fully saturated rings. The number of carbonyl (C=O) groups excluding carboxylic acids is 1. The zero-order chi connectivity index (χ0) is 13.1. The summed E-state index contributed by atoms with van der Waals surface area (Å²) in [5.41, 5.74) is 1.57. The van der Waals surface area contributed by atoms with Gasteiger partial charge in [0.15, 0.2) is 5.78 Å². The van der Waals surface area contributed by atoms with Crippen molar-refractivity contribution in [2.75, 3.05) is 5.32 Å². The third kappa shape index (κ3) is 2.72. The first-order valence-corrected chi connectivity index (χ1v) is 6.68. The summed E-state index contributed by atoms with van der Waals surface area (Å²) in [4.78, 5) is 22.7. The number of hydrogen-bond donors (Lipinski definition) is 2. The number of hydrogen-bond acceptors (Lipinski definition) is 3. The van der Waals surface area contributed by atoms with Crippen molar-refractivity contribution in [2.24, 2.45) is 0 Å². The number of anilines is 1. The number of Topliss-reactive ketones (excluding diaryl/α,β-unsaturated/α-hetero) is 1. The van der Waals surface area contributed by atoms with Gasteiger partial charge in [-0.15, -0.1) is 0 Å². The molecule has 1 aliphatic rings. The first-order chi connectivity index (χ1) is 8.59. The Kier molecular flexibility index (Phi) is 4.00. The van der Waals surface area contributed by atoms with Gasteiger partial charge < -0.3 is 10.4 Å². The third-order valence-corrected chi connectivity index (χ3v) is 4.04. The maximum Gasteiger partial charge on any atom is 0.337 e. The van der Waals surface area contributed by atoms with Crippen molar-refractivity contribution in [3.63, 3.8) is 0 Å². The summed E-state index contributed by atoms with van der Waals surface area (Å²) in [6.45, 7) is 0. The summed E-state index contributed by atoms with van der Waals surface area (Å²) in [6.07, 6.45) is 2.16. The zero-order valence-corrected chi connectivity index (χ0v) is 11.7. The first kappa shape index (κ1) is 13.1. The predicted molar refractivity (Wildman–Crippen MR) is 76.9 cm³/mol. The molecule has 1 aromatic rings. The van der Waals surface area contributed by atoms with E-state index in [2.05, 4.69) is 5.32 Å². The average molecular weight is 357 g/mol. The second kappa shape index (κ2) is 5.51. The highest BCUT2D eigenvalue weighted by Gasteiger charge is 2.19. The predicted octanol–water partition coefficient (Wildman–Crippen LogP) is 3.20. The van der Waals surface area contributed by atoms with Crippen LogP contribution in [0.3, 0.4) is 0 Å². The molecule has 4 nitrogen and oxygen atoms in total. The van der Waals surface area contributed by atoms with Gasteiger partial charge in [0, 0.05) is 12.1 Å². The van der Waals surface area contributed by atoms with Crippen molar-refractivity contribution in [3.05, 3.63) is 39.1 Å². The maximum absolute atomic E-state index is 11.6. The van der Waals surface area contributed by atoms with E-state index in [0.717, 1.165) is 18.5 Å². The van der Waals surface area contributed by atoms with Gasteiger partial charge in [-0.2, -0.15) is 0 Å². The molecule has 0 radical (unpaired) electrons. The molecule has 0 bridgehead atoms. The number of benzene rings is 1. The molecule has 1 aliphatic carbocycles. The summed E-state index contributed by atoms with van der Waals surface area (Å²) in [5.74, 6) is -0.854. The van der Waals surface area contributed by atoms with Crippen molar-refractivity contribution in [3.8, 4) is 0 Å². The van der Waals surface area contributed by atoms with Crippen molar-refractivity contribution < 1.29 is 14.7 Å². The number of para-hydroxylation sites is 1. The number of ketones is 1. The quantitative estimate of drug-likeness (QED) is 0.816. The Balaban J connectivity index is 2.32. The maximum atomic E-state index is 11.6. The molecule has 0 saturated heterocycles. The summed E-state index contributed by atoms with van der Waals surface area (Å²) >= 11 is 2.02. The van der Waals surface area contributed by atoms with E-state index in [9.17, 15) is 9.59 Å². The van der Waals surface area contributed by atoms with Crippen LogP contribution in [0, 0.1) is 0 Å². The SMILES string of the molecule is O=C1CCCC(Nc2ccccc2C(=O)O)=C1I. The summed E-state index contributed by atoms with van der Waals surface area (Å²) in [6, 6.07) is 6.70. The lowest BCUT2D eigenvalue weighted by atomic mass is 10.0. The van der Waals surface area contributed by atoms with Gasteiger partial charge >= 0.3 is 5.97 Å². The van der Waals surface area contributed by atoms with Crippen LogP contribution in [-0.2, 0) is 4.79 Å². The van der Waals surface area contributed by atoms with E-state index >= 15 is 0 Å². The fourth-order valence-electron chi connectivity index (χ4n) is 1.87. The van der Waals surface area contributed by atoms with Crippen molar-refractivity contribution >= 4 is 40.0 Å². The van der Waals surface area contributed by atoms with Crippen LogP contribution in [-0.4, -0.2) is 16.9 Å². The second-order valence-corrected chi connectivity index (χ2v) is 5.12. The van der Waals surface area contributed by atoms with Crippen molar-refractivity contribution in [2.45, 2.75) is 19.3 Å². The van der Waals surface area contributed by atoms with Gasteiger partial charge in [-0.25, -0.2) is 4.79 Å². The van der Waals surface area contributed by atoms with Gasteiger partial charge in [0.25, 0.3) is 0 Å². The Bertz CT molecular complexity index is 537. The molecular formula is C13H12INO3. The first-order valence-electron chi connectivity index (χ1n) is 5.61. The van der Waals surface area contributed by atoms with Gasteiger partial charge in [-0.05, 0) is 47.6 Å². The largest absolute Gasteiger partial charge is 0.478 e. The number of carbonyl (C=O) groups is 2. The highest BCUT2D eigenvalue weighted by atomic mass is 127. The number of carboxylic acid groups (broad SMARTS) is 1. The van der Waals surface area contributed by atoms with E-state index in [1.165, 1.54) is 0 Å². The highest BCUT2D eigenvalue weighted by molar-refractivity contribution is 14.1. The van der Waals surface area contributed by atoms with Crippen molar-refractivity contribution in [1.82, 2.24) is 0 Å². The summed E-state index contributed by atoms with van der Waals surface area (Å²) in [5, 5.41) is 12.2. The fraction of sp³-hybridized carbons (Fsp3) is 0.231. The molecule has 0 aromatic heterocycles. The van der Waals surface area contributed by atoms with Gasteiger partial charge in [0.1, 0.15) is 0 Å². The van der Waals surface area contributed by atoms with Crippen LogP contribution in [0.2, 0.25) is 0 Å². The molecule has 0 amide bonds. The van der Waals surface area contributed by atoms with Crippen LogP contribution in [0.1, 0.15) is 29.6 Å². The number of allylic oxidation sites excluding steroid dienone is 2. The Hall–Kier alpha value is -1.37. The minimum atomic E-state index is -0.976. The molecular weight excluding hydrogens is 345 g/mol. The monoisotopic (exact) mass is 357 g/mol. The fourth-order valence-corrected chi connectivity index (χ4v) is 2.55. The molecule has 18 heavy (non-hydrogen) atoms. The van der Waals surface area contributed by atoms with Gasteiger partial charge in [-0.1, -0.05) is 12.1 Å². The smallest absolute Gasteiger partial charge is 0.337 e. The second-order valence-electron chi connectivity index (χ2n) is 4.05. The van der Waals surface area contributed by atoms with E-state index in [-0.39, 0.29) is 11.3 Å². The molecule has 0 saturated carbocycles. The molecule has 0 aliphatic heterocycles. The lowest BCUT2D eigenvalue weighted by Gasteiger charge is -2.18. The number of carboxylic acids is 1. The number of rotatable bonds is 3. The molecule has 0 spiro atoms. The number of nitrogens with one attached hydrogen (secondary N) is 1. The standard InChI is InChI=1S/C13H12INO3/c14-12-10(6-3-7-11(12)16)15-9-5-2-1-4-8(9)13(17)18/h1-2,4-5,15H,3,6-7H2,(H,17,18). The molecule has 94 valence electrons. The Labute approximate surface area is 118 Å². The van der Waals surface area contributed by atoms with Crippen LogP contribution in [0.4, 0.5) is 5.69 Å². The van der Waals surface area contributed by atoms with Crippen LogP contribution in [0.15, 0.2) is 33.5 Å². The third-order valence-electron chi connectivity index (χ3n) is 2.78. The van der Waals surface area contributed by atoms with Crippen LogP contribution >= 0.6 is 22.6 Å².